The highest BCUT2D eigenvalue weighted by Gasteiger charge is 2.11. The number of likely N-dealkylation sites (N-methyl/N-ethyl adjacent to an activating group) is 1. The summed E-state index contributed by atoms with van der Waals surface area (Å²) in [4.78, 5) is 14.3. The SMILES string of the molecule is CCN(CCNC(=O)COc1cc(C)ccc1C(C)C)C(C)C. The van der Waals surface area contributed by atoms with E-state index in [2.05, 4.69) is 57.0 Å². The van der Waals surface area contributed by atoms with Gasteiger partial charge in [0.25, 0.3) is 5.91 Å². The van der Waals surface area contributed by atoms with Crippen LogP contribution in [0.25, 0.3) is 0 Å². The minimum absolute atomic E-state index is 0.0664. The third kappa shape index (κ3) is 6.61. The molecule has 0 aliphatic rings. The molecule has 0 radical (unpaired) electrons. The third-order valence-corrected chi connectivity index (χ3v) is 4.01. The zero-order chi connectivity index (χ0) is 17.4. The summed E-state index contributed by atoms with van der Waals surface area (Å²) in [6.07, 6.45) is 0. The lowest BCUT2D eigenvalue weighted by Crippen LogP contribution is -2.39. The summed E-state index contributed by atoms with van der Waals surface area (Å²) in [6, 6.07) is 6.65. The third-order valence-electron chi connectivity index (χ3n) is 4.01. The van der Waals surface area contributed by atoms with Gasteiger partial charge in [-0.2, -0.15) is 0 Å². The van der Waals surface area contributed by atoms with Crippen molar-refractivity contribution in [1.29, 1.82) is 0 Å². The van der Waals surface area contributed by atoms with Crippen LogP contribution in [0.5, 0.6) is 5.75 Å². The number of aryl methyl sites for hydroxylation is 1. The topological polar surface area (TPSA) is 41.6 Å². The zero-order valence-corrected chi connectivity index (χ0v) is 15.5. The molecule has 1 rings (SSSR count). The first-order valence-electron chi connectivity index (χ1n) is 8.59. The number of benzene rings is 1. The molecule has 0 aromatic heterocycles. The molecule has 0 atom stereocenters. The second-order valence-electron chi connectivity index (χ2n) is 6.56. The van der Waals surface area contributed by atoms with Gasteiger partial charge in [0.1, 0.15) is 5.75 Å². The van der Waals surface area contributed by atoms with Crippen LogP contribution in [0.1, 0.15) is 51.7 Å². The molecule has 0 saturated carbocycles. The number of hydrogen-bond donors (Lipinski definition) is 1. The van der Waals surface area contributed by atoms with Crippen LogP contribution in [0.15, 0.2) is 18.2 Å². The van der Waals surface area contributed by atoms with E-state index < -0.39 is 0 Å². The van der Waals surface area contributed by atoms with E-state index in [1.54, 1.807) is 0 Å². The molecule has 1 aromatic rings. The van der Waals surface area contributed by atoms with Gasteiger partial charge < -0.3 is 10.1 Å². The average molecular weight is 320 g/mol. The van der Waals surface area contributed by atoms with Crippen LogP contribution in [-0.4, -0.2) is 43.1 Å². The van der Waals surface area contributed by atoms with Gasteiger partial charge in [0.15, 0.2) is 6.61 Å². The molecular formula is C19H32N2O2. The van der Waals surface area contributed by atoms with Crippen molar-refractivity contribution in [2.45, 2.75) is 53.5 Å². The molecule has 1 amide bonds. The van der Waals surface area contributed by atoms with E-state index in [4.69, 9.17) is 4.74 Å². The van der Waals surface area contributed by atoms with E-state index in [0.717, 1.165) is 30.0 Å². The summed E-state index contributed by atoms with van der Waals surface area (Å²) in [7, 11) is 0. The Morgan fingerprint density at radius 1 is 1.26 bits per heavy atom. The Hall–Kier alpha value is -1.55. The molecule has 0 spiro atoms. The van der Waals surface area contributed by atoms with Gasteiger partial charge >= 0.3 is 0 Å². The Balaban J connectivity index is 2.46. The summed E-state index contributed by atoms with van der Waals surface area (Å²) < 4.78 is 5.75. The van der Waals surface area contributed by atoms with Crippen molar-refractivity contribution in [2.24, 2.45) is 0 Å². The van der Waals surface area contributed by atoms with Gasteiger partial charge in [-0.15, -0.1) is 0 Å². The molecule has 0 aliphatic heterocycles. The van der Waals surface area contributed by atoms with Crippen LogP contribution in [0.2, 0.25) is 0 Å². The number of rotatable bonds is 9. The molecule has 1 aromatic carbocycles. The van der Waals surface area contributed by atoms with Crippen LogP contribution >= 0.6 is 0 Å². The molecule has 4 heteroatoms. The van der Waals surface area contributed by atoms with E-state index in [-0.39, 0.29) is 12.5 Å². The van der Waals surface area contributed by atoms with Crippen LogP contribution in [0.4, 0.5) is 0 Å². The first-order chi connectivity index (χ1) is 10.8. The Labute approximate surface area is 141 Å². The van der Waals surface area contributed by atoms with Gasteiger partial charge in [0.2, 0.25) is 0 Å². The van der Waals surface area contributed by atoms with Gasteiger partial charge in [-0.25, -0.2) is 0 Å². The highest BCUT2D eigenvalue weighted by atomic mass is 16.5. The first-order valence-corrected chi connectivity index (χ1v) is 8.59. The summed E-state index contributed by atoms with van der Waals surface area (Å²) >= 11 is 0. The molecule has 0 aliphatic carbocycles. The predicted molar refractivity (Wildman–Crippen MR) is 96.2 cm³/mol. The Morgan fingerprint density at radius 3 is 2.52 bits per heavy atom. The van der Waals surface area contributed by atoms with Crippen molar-refractivity contribution in [3.8, 4) is 5.75 Å². The molecular weight excluding hydrogens is 288 g/mol. The van der Waals surface area contributed by atoms with Crippen molar-refractivity contribution in [3.63, 3.8) is 0 Å². The van der Waals surface area contributed by atoms with Crippen molar-refractivity contribution in [3.05, 3.63) is 29.3 Å². The molecule has 0 bridgehead atoms. The molecule has 130 valence electrons. The summed E-state index contributed by atoms with van der Waals surface area (Å²) in [5.74, 6) is 1.12. The van der Waals surface area contributed by atoms with Crippen molar-refractivity contribution in [1.82, 2.24) is 10.2 Å². The summed E-state index contributed by atoms with van der Waals surface area (Å²) in [5.41, 5.74) is 2.28. The molecule has 4 nitrogen and oxygen atoms in total. The van der Waals surface area contributed by atoms with Crippen LogP contribution in [0, 0.1) is 6.92 Å². The van der Waals surface area contributed by atoms with Crippen molar-refractivity contribution >= 4 is 5.91 Å². The lowest BCUT2D eigenvalue weighted by atomic mass is 10.0. The number of ether oxygens (including phenoxy) is 1. The Morgan fingerprint density at radius 2 is 1.96 bits per heavy atom. The van der Waals surface area contributed by atoms with E-state index >= 15 is 0 Å². The standard InChI is InChI=1S/C19H32N2O2/c1-7-21(15(4)5)11-10-20-19(22)13-23-18-12-16(6)8-9-17(18)14(2)3/h8-9,12,14-15H,7,10-11,13H2,1-6H3,(H,20,22). The number of carbonyl (C=O) groups excluding carboxylic acids is 1. The lowest BCUT2D eigenvalue weighted by Gasteiger charge is -2.24. The molecule has 23 heavy (non-hydrogen) atoms. The van der Waals surface area contributed by atoms with Crippen molar-refractivity contribution in [2.75, 3.05) is 26.2 Å². The maximum atomic E-state index is 12.0. The number of hydrogen-bond acceptors (Lipinski definition) is 3. The van der Waals surface area contributed by atoms with Gasteiger partial charge in [0.05, 0.1) is 0 Å². The fraction of sp³-hybridized carbons (Fsp3) is 0.632. The fourth-order valence-corrected chi connectivity index (χ4v) is 2.56. The predicted octanol–water partition coefficient (Wildman–Crippen LogP) is 3.34. The first kappa shape index (κ1) is 19.5. The fourth-order valence-electron chi connectivity index (χ4n) is 2.56. The Kier molecular flexibility index (Phi) is 8.10. The highest BCUT2D eigenvalue weighted by molar-refractivity contribution is 5.77. The summed E-state index contributed by atoms with van der Waals surface area (Å²) in [6.45, 7) is 15.3. The van der Waals surface area contributed by atoms with Gasteiger partial charge in [0, 0.05) is 19.1 Å². The maximum absolute atomic E-state index is 12.0. The van der Waals surface area contributed by atoms with Crippen LogP contribution in [-0.2, 0) is 4.79 Å². The largest absolute Gasteiger partial charge is 0.483 e. The Bertz CT molecular complexity index is 498. The highest BCUT2D eigenvalue weighted by Crippen LogP contribution is 2.27. The second kappa shape index (κ2) is 9.56. The van der Waals surface area contributed by atoms with Gasteiger partial charge in [-0.05, 0) is 50.4 Å². The van der Waals surface area contributed by atoms with Gasteiger partial charge in [-0.3, -0.25) is 9.69 Å². The average Bonchev–Trinajstić information content (AvgIpc) is 2.48. The lowest BCUT2D eigenvalue weighted by molar-refractivity contribution is -0.123. The van der Waals surface area contributed by atoms with E-state index in [1.807, 2.05) is 13.0 Å². The van der Waals surface area contributed by atoms with E-state index in [1.165, 1.54) is 0 Å². The number of nitrogens with one attached hydrogen (secondary N) is 1. The van der Waals surface area contributed by atoms with Gasteiger partial charge in [-0.1, -0.05) is 32.9 Å². The number of carbonyl (C=O) groups is 1. The monoisotopic (exact) mass is 320 g/mol. The van der Waals surface area contributed by atoms with E-state index in [9.17, 15) is 4.79 Å². The smallest absolute Gasteiger partial charge is 0.257 e. The minimum atomic E-state index is -0.0685. The van der Waals surface area contributed by atoms with E-state index in [0.29, 0.717) is 18.5 Å². The molecule has 0 unspecified atom stereocenters. The zero-order valence-electron chi connectivity index (χ0n) is 15.5. The minimum Gasteiger partial charge on any atom is -0.483 e. The number of amides is 1. The van der Waals surface area contributed by atoms with Crippen LogP contribution in [0.3, 0.4) is 0 Å². The molecule has 0 heterocycles. The molecule has 1 N–H and O–H groups in total. The summed E-state index contributed by atoms with van der Waals surface area (Å²) in [5, 5.41) is 2.93. The second-order valence-corrected chi connectivity index (χ2v) is 6.56. The van der Waals surface area contributed by atoms with Crippen LogP contribution < -0.4 is 10.1 Å². The maximum Gasteiger partial charge on any atom is 0.257 e. The van der Waals surface area contributed by atoms with Crippen molar-refractivity contribution < 1.29 is 9.53 Å². The number of nitrogens with zero attached hydrogens (tertiary/aromatic N) is 1. The molecule has 0 saturated heterocycles. The quantitative estimate of drug-likeness (QED) is 0.759. The molecule has 0 fully saturated rings. The normalized spacial score (nSPS) is 11.3.